The van der Waals surface area contributed by atoms with Crippen LogP contribution in [0, 0.1) is 0 Å². The lowest BCUT2D eigenvalue weighted by Gasteiger charge is -1.88. The van der Waals surface area contributed by atoms with E-state index in [1.54, 1.807) is 0 Å². The SMILES string of the molecule is CCCCC=CCC=CCC=CCC=CCCCBr. The number of hydrogen-bond acceptors (Lipinski definition) is 0. The first-order valence-electron chi connectivity index (χ1n) is 7.57. The van der Waals surface area contributed by atoms with E-state index >= 15 is 0 Å². The fraction of sp³-hybridized carbons (Fsp3) is 0.556. The Hall–Kier alpha value is -0.560. The molecule has 0 fully saturated rings. The van der Waals surface area contributed by atoms with Crippen LogP contribution in [0.3, 0.4) is 0 Å². The van der Waals surface area contributed by atoms with Crippen molar-refractivity contribution in [3.8, 4) is 0 Å². The topological polar surface area (TPSA) is 0 Å². The molecule has 0 N–H and O–H groups in total. The van der Waals surface area contributed by atoms with Gasteiger partial charge in [-0.2, -0.15) is 0 Å². The first kappa shape index (κ1) is 18.4. The lowest BCUT2D eigenvalue weighted by molar-refractivity contribution is 0.813. The van der Waals surface area contributed by atoms with Crippen LogP contribution in [0.1, 0.15) is 58.3 Å². The Morgan fingerprint density at radius 2 is 1.05 bits per heavy atom. The Kier molecular flexibility index (Phi) is 16.9. The smallest absolute Gasteiger partial charge is 0.00342 e. The molecule has 19 heavy (non-hydrogen) atoms. The van der Waals surface area contributed by atoms with E-state index in [1.807, 2.05) is 0 Å². The molecule has 0 nitrogen and oxygen atoms in total. The summed E-state index contributed by atoms with van der Waals surface area (Å²) in [6, 6.07) is 0. The second kappa shape index (κ2) is 17.4. The molecule has 0 aliphatic rings. The van der Waals surface area contributed by atoms with Crippen molar-refractivity contribution in [2.45, 2.75) is 58.3 Å². The number of unbranched alkanes of at least 4 members (excludes halogenated alkanes) is 3. The minimum Gasteiger partial charge on any atom is -0.0928 e. The zero-order valence-corrected chi connectivity index (χ0v) is 13.9. The van der Waals surface area contributed by atoms with E-state index in [1.165, 1.54) is 32.1 Å². The zero-order valence-electron chi connectivity index (χ0n) is 12.4. The van der Waals surface area contributed by atoms with Crippen molar-refractivity contribution >= 4 is 15.9 Å². The Bertz CT molecular complexity index is 243. The van der Waals surface area contributed by atoms with Crippen molar-refractivity contribution in [2.24, 2.45) is 0 Å². The molecule has 0 atom stereocenters. The fourth-order valence-corrected chi connectivity index (χ4v) is 1.89. The Balaban J connectivity index is 3.36. The van der Waals surface area contributed by atoms with Crippen molar-refractivity contribution < 1.29 is 0 Å². The van der Waals surface area contributed by atoms with Crippen LogP contribution in [0.2, 0.25) is 0 Å². The maximum atomic E-state index is 3.43. The van der Waals surface area contributed by atoms with E-state index < -0.39 is 0 Å². The van der Waals surface area contributed by atoms with Gasteiger partial charge in [0.25, 0.3) is 0 Å². The molecule has 0 aromatic carbocycles. The highest BCUT2D eigenvalue weighted by Crippen LogP contribution is 1.99. The highest BCUT2D eigenvalue weighted by molar-refractivity contribution is 9.09. The summed E-state index contributed by atoms with van der Waals surface area (Å²) in [6.45, 7) is 2.23. The normalized spacial score (nSPS) is 12.7. The molecule has 0 aromatic rings. The lowest BCUT2D eigenvalue weighted by Crippen LogP contribution is -1.70. The van der Waals surface area contributed by atoms with Gasteiger partial charge in [0.15, 0.2) is 0 Å². The first-order valence-corrected chi connectivity index (χ1v) is 8.70. The summed E-state index contributed by atoms with van der Waals surface area (Å²) in [5.74, 6) is 0. The number of hydrogen-bond donors (Lipinski definition) is 0. The lowest BCUT2D eigenvalue weighted by atomic mass is 10.2. The Labute approximate surface area is 128 Å². The van der Waals surface area contributed by atoms with E-state index in [0.717, 1.165) is 24.6 Å². The number of alkyl halides is 1. The standard InChI is InChI=1S/C18H29Br/c1-2-3-4-5-6-7-8-9-10-11-12-13-14-15-16-17-18-19/h5-6,8-9,11-12,14-15H,2-4,7,10,13,16-18H2,1H3. The third-order valence-electron chi connectivity index (χ3n) is 2.71. The van der Waals surface area contributed by atoms with Crippen LogP contribution in [0.15, 0.2) is 48.6 Å². The molecule has 108 valence electrons. The molecule has 0 saturated heterocycles. The van der Waals surface area contributed by atoms with Crippen LogP contribution in [0.5, 0.6) is 0 Å². The average Bonchev–Trinajstić information content (AvgIpc) is 2.43. The van der Waals surface area contributed by atoms with Crippen molar-refractivity contribution in [1.82, 2.24) is 0 Å². The summed E-state index contributed by atoms with van der Waals surface area (Å²) in [4.78, 5) is 0. The van der Waals surface area contributed by atoms with Crippen LogP contribution < -0.4 is 0 Å². The monoisotopic (exact) mass is 324 g/mol. The fourth-order valence-electron chi connectivity index (χ4n) is 1.57. The highest BCUT2D eigenvalue weighted by atomic mass is 79.9. The number of halogens is 1. The molecular formula is C18H29Br. The van der Waals surface area contributed by atoms with Crippen LogP contribution in [-0.4, -0.2) is 5.33 Å². The van der Waals surface area contributed by atoms with Gasteiger partial charge in [0.1, 0.15) is 0 Å². The second-order valence-corrected chi connectivity index (χ2v) is 5.36. The van der Waals surface area contributed by atoms with Gasteiger partial charge in [-0.1, -0.05) is 84.3 Å². The van der Waals surface area contributed by atoms with Crippen LogP contribution in [0.4, 0.5) is 0 Å². The highest BCUT2D eigenvalue weighted by Gasteiger charge is 1.79. The summed E-state index contributed by atoms with van der Waals surface area (Å²) in [5, 5.41) is 1.10. The molecule has 0 heterocycles. The minimum absolute atomic E-state index is 1.05. The van der Waals surface area contributed by atoms with Gasteiger partial charge >= 0.3 is 0 Å². The number of allylic oxidation sites excluding steroid dienone is 8. The minimum atomic E-state index is 1.05. The predicted octanol–water partition coefficient (Wildman–Crippen LogP) is 6.75. The van der Waals surface area contributed by atoms with Crippen LogP contribution >= 0.6 is 15.9 Å². The van der Waals surface area contributed by atoms with Crippen molar-refractivity contribution in [3.05, 3.63) is 48.6 Å². The van der Waals surface area contributed by atoms with Crippen molar-refractivity contribution in [3.63, 3.8) is 0 Å². The van der Waals surface area contributed by atoms with Gasteiger partial charge in [0, 0.05) is 5.33 Å². The van der Waals surface area contributed by atoms with Crippen molar-refractivity contribution in [1.29, 1.82) is 0 Å². The van der Waals surface area contributed by atoms with E-state index in [0.29, 0.717) is 0 Å². The van der Waals surface area contributed by atoms with Gasteiger partial charge < -0.3 is 0 Å². The molecule has 0 unspecified atom stereocenters. The second-order valence-electron chi connectivity index (χ2n) is 4.57. The summed E-state index contributed by atoms with van der Waals surface area (Å²) in [7, 11) is 0. The zero-order chi connectivity index (χ0) is 14.0. The molecule has 0 bridgehead atoms. The van der Waals surface area contributed by atoms with Gasteiger partial charge in [-0.25, -0.2) is 0 Å². The quantitative estimate of drug-likeness (QED) is 0.211. The predicted molar refractivity (Wildman–Crippen MR) is 93.0 cm³/mol. The van der Waals surface area contributed by atoms with E-state index in [2.05, 4.69) is 71.5 Å². The molecule has 0 saturated carbocycles. The largest absolute Gasteiger partial charge is 0.0928 e. The van der Waals surface area contributed by atoms with E-state index in [9.17, 15) is 0 Å². The molecule has 0 radical (unpaired) electrons. The Morgan fingerprint density at radius 1 is 0.632 bits per heavy atom. The average molecular weight is 325 g/mol. The number of rotatable bonds is 12. The van der Waals surface area contributed by atoms with Gasteiger partial charge in [-0.05, 0) is 38.5 Å². The van der Waals surface area contributed by atoms with E-state index in [-0.39, 0.29) is 0 Å². The third kappa shape index (κ3) is 17.4. The summed E-state index contributed by atoms with van der Waals surface area (Å²) in [6.07, 6.45) is 27.5. The summed E-state index contributed by atoms with van der Waals surface area (Å²) < 4.78 is 0. The molecule has 0 rings (SSSR count). The van der Waals surface area contributed by atoms with Gasteiger partial charge in [0.05, 0.1) is 0 Å². The van der Waals surface area contributed by atoms with E-state index in [4.69, 9.17) is 0 Å². The first-order chi connectivity index (χ1) is 9.41. The summed E-state index contributed by atoms with van der Waals surface area (Å²) >= 11 is 3.43. The van der Waals surface area contributed by atoms with Gasteiger partial charge in [0.2, 0.25) is 0 Å². The van der Waals surface area contributed by atoms with Crippen LogP contribution in [0.25, 0.3) is 0 Å². The third-order valence-corrected chi connectivity index (χ3v) is 3.27. The maximum Gasteiger partial charge on any atom is 0.00342 e. The van der Waals surface area contributed by atoms with Gasteiger partial charge in [-0.15, -0.1) is 0 Å². The molecule has 0 aromatic heterocycles. The summed E-state index contributed by atoms with van der Waals surface area (Å²) in [5.41, 5.74) is 0. The van der Waals surface area contributed by atoms with Crippen molar-refractivity contribution in [2.75, 3.05) is 5.33 Å². The molecule has 0 spiro atoms. The molecule has 0 amide bonds. The molecule has 0 aliphatic carbocycles. The Morgan fingerprint density at radius 3 is 1.47 bits per heavy atom. The maximum absolute atomic E-state index is 3.43. The van der Waals surface area contributed by atoms with Gasteiger partial charge in [-0.3, -0.25) is 0 Å². The van der Waals surface area contributed by atoms with Crippen LogP contribution in [-0.2, 0) is 0 Å². The molecule has 1 heteroatoms. The molecular weight excluding hydrogens is 296 g/mol. The molecule has 0 aliphatic heterocycles.